The lowest BCUT2D eigenvalue weighted by molar-refractivity contribution is 0.0508. The molecule has 2 rings (SSSR count). The van der Waals surface area contributed by atoms with Crippen molar-refractivity contribution < 1.29 is 19.1 Å². The first-order chi connectivity index (χ1) is 11.1. The molecule has 0 saturated heterocycles. The summed E-state index contributed by atoms with van der Waals surface area (Å²) in [6.45, 7) is 6.46. The molecule has 0 aromatic heterocycles. The number of benzene rings is 1. The lowest BCUT2D eigenvalue weighted by atomic mass is 9.90. The molecule has 0 fully saturated rings. The van der Waals surface area contributed by atoms with Crippen molar-refractivity contribution in [2.45, 2.75) is 59.3 Å². The number of rotatable bonds is 7. The van der Waals surface area contributed by atoms with E-state index < -0.39 is 0 Å². The van der Waals surface area contributed by atoms with Crippen molar-refractivity contribution in [3.63, 3.8) is 0 Å². The molecule has 0 N–H and O–H groups in total. The summed E-state index contributed by atoms with van der Waals surface area (Å²) < 4.78 is 10.5. The minimum absolute atomic E-state index is 0.257. The lowest BCUT2D eigenvalue weighted by Gasteiger charge is -2.17. The maximum Gasteiger partial charge on any atom is 0.338 e. The standard InChI is InChI=1S/C19H26O4/c1-4-7-9-13-12-16(18(20)22-5-2)14-10-8-11-15(14)17(13)19(21)23-6-3/h12H,4-11H2,1-3H3. The minimum Gasteiger partial charge on any atom is -0.462 e. The Labute approximate surface area is 138 Å². The largest absolute Gasteiger partial charge is 0.462 e. The van der Waals surface area contributed by atoms with Crippen LogP contribution in [0.15, 0.2) is 6.07 Å². The average Bonchev–Trinajstić information content (AvgIpc) is 3.01. The van der Waals surface area contributed by atoms with Gasteiger partial charge >= 0.3 is 11.9 Å². The van der Waals surface area contributed by atoms with E-state index in [2.05, 4.69) is 6.92 Å². The van der Waals surface area contributed by atoms with Gasteiger partial charge in [-0.05, 0) is 68.7 Å². The fourth-order valence-corrected chi connectivity index (χ4v) is 3.26. The van der Waals surface area contributed by atoms with Crippen LogP contribution >= 0.6 is 0 Å². The molecule has 1 aliphatic carbocycles. The summed E-state index contributed by atoms with van der Waals surface area (Å²) in [5.74, 6) is -0.536. The molecule has 1 aliphatic rings. The van der Waals surface area contributed by atoms with E-state index in [4.69, 9.17) is 9.47 Å². The van der Waals surface area contributed by atoms with Crippen LogP contribution < -0.4 is 0 Å². The summed E-state index contributed by atoms with van der Waals surface area (Å²) in [5.41, 5.74) is 4.24. The van der Waals surface area contributed by atoms with Crippen LogP contribution in [-0.4, -0.2) is 25.2 Å². The molecule has 0 bridgehead atoms. The minimum atomic E-state index is -0.279. The van der Waals surface area contributed by atoms with Gasteiger partial charge in [-0.3, -0.25) is 0 Å². The number of fused-ring (bicyclic) bond motifs is 1. The Kier molecular flexibility index (Phi) is 6.20. The zero-order valence-electron chi connectivity index (χ0n) is 14.4. The van der Waals surface area contributed by atoms with Crippen molar-refractivity contribution in [2.75, 3.05) is 13.2 Å². The highest BCUT2D eigenvalue weighted by Gasteiger charge is 2.28. The number of carbonyl (C=O) groups excluding carboxylic acids is 2. The number of hydrogen-bond donors (Lipinski definition) is 0. The quantitative estimate of drug-likeness (QED) is 0.716. The van der Waals surface area contributed by atoms with Gasteiger partial charge in [-0.25, -0.2) is 9.59 Å². The molecule has 4 nitrogen and oxygen atoms in total. The van der Waals surface area contributed by atoms with Gasteiger partial charge in [0.25, 0.3) is 0 Å². The van der Waals surface area contributed by atoms with E-state index in [0.717, 1.165) is 55.2 Å². The van der Waals surface area contributed by atoms with Gasteiger partial charge in [0.15, 0.2) is 0 Å². The fraction of sp³-hybridized carbons (Fsp3) is 0.579. The van der Waals surface area contributed by atoms with E-state index in [1.54, 1.807) is 0 Å². The van der Waals surface area contributed by atoms with Crippen LogP contribution in [0.3, 0.4) is 0 Å². The van der Waals surface area contributed by atoms with Gasteiger partial charge in [-0.15, -0.1) is 0 Å². The second-order valence-electron chi connectivity index (χ2n) is 5.81. The van der Waals surface area contributed by atoms with E-state index in [0.29, 0.717) is 24.3 Å². The molecule has 0 spiro atoms. The van der Waals surface area contributed by atoms with Crippen LogP contribution in [-0.2, 0) is 28.7 Å². The zero-order chi connectivity index (χ0) is 16.8. The van der Waals surface area contributed by atoms with Gasteiger partial charge in [0, 0.05) is 0 Å². The molecular weight excluding hydrogens is 292 g/mol. The fourth-order valence-electron chi connectivity index (χ4n) is 3.26. The molecule has 0 radical (unpaired) electrons. The molecule has 1 aromatic carbocycles. The number of unbranched alkanes of at least 4 members (excludes halogenated alkanes) is 1. The number of ether oxygens (including phenoxy) is 2. The third-order valence-electron chi connectivity index (χ3n) is 4.26. The normalized spacial score (nSPS) is 12.8. The summed E-state index contributed by atoms with van der Waals surface area (Å²) in [7, 11) is 0. The SMILES string of the molecule is CCCCc1cc(C(=O)OCC)c2c(c1C(=O)OCC)CCC2. The summed E-state index contributed by atoms with van der Waals surface area (Å²) in [6, 6.07) is 1.87. The monoisotopic (exact) mass is 318 g/mol. The van der Waals surface area contributed by atoms with Crippen LogP contribution in [0.1, 0.15) is 77.4 Å². The first-order valence-electron chi connectivity index (χ1n) is 8.65. The zero-order valence-corrected chi connectivity index (χ0v) is 14.4. The number of aryl methyl sites for hydroxylation is 1. The Hall–Kier alpha value is -1.84. The van der Waals surface area contributed by atoms with Crippen LogP contribution in [0.2, 0.25) is 0 Å². The van der Waals surface area contributed by atoms with Gasteiger partial charge in [0.2, 0.25) is 0 Å². The summed E-state index contributed by atoms with van der Waals surface area (Å²) in [5, 5.41) is 0. The number of carbonyl (C=O) groups is 2. The Morgan fingerprint density at radius 3 is 2.30 bits per heavy atom. The first kappa shape index (κ1) is 17.5. The van der Waals surface area contributed by atoms with E-state index in [1.807, 2.05) is 19.9 Å². The molecule has 0 unspecified atom stereocenters. The predicted molar refractivity (Wildman–Crippen MR) is 89.0 cm³/mol. The molecule has 0 amide bonds. The molecule has 126 valence electrons. The maximum absolute atomic E-state index is 12.5. The van der Waals surface area contributed by atoms with Crippen molar-refractivity contribution in [3.05, 3.63) is 33.9 Å². The second kappa shape index (κ2) is 8.14. The summed E-state index contributed by atoms with van der Waals surface area (Å²) in [6.07, 6.45) is 5.41. The Bertz CT molecular complexity index is 590. The summed E-state index contributed by atoms with van der Waals surface area (Å²) >= 11 is 0. The van der Waals surface area contributed by atoms with Gasteiger partial charge in [-0.1, -0.05) is 13.3 Å². The Morgan fingerprint density at radius 2 is 1.65 bits per heavy atom. The van der Waals surface area contributed by atoms with Gasteiger partial charge < -0.3 is 9.47 Å². The number of hydrogen-bond acceptors (Lipinski definition) is 4. The molecule has 0 aliphatic heterocycles. The number of esters is 2. The molecule has 1 aromatic rings. The van der Waals surface area contributed by atoms with Crippen molar-refractivity contribution in [1.29, 1.82) is 0 Å². The summed E-state index contributed by atoms with van der Waals surface area (Å²) in [4.78, 5) is 24.8. The van der Waals surface area contributed by atoms with Crippen molar-refractivity contribution in [1.82, 2.24) is 0 Å². The highest BCUT2D eigenvalue weighted by molar-refractivity contribution is 5.98. The van der Waals surface area contributed by atoms with Crippen LogP contribution in [0.25, 0.3) is 0 Å². The molecule has 0 atom stereocenters. The van der Waals surface area contributed by atoms with Gasteiger partial charge in [0.1, 0.15) is 0 Å². The predicted octanol–water partition coefficient (Wildman–Crippen LogP) is 3.87. The molecular formula is C19H26O4. The van der Waals surface area contributed by atoms with Crippen molar-refractivity contribution >= 4 is 11.9 Å². The van der Waals surface area contributed by atoms with Gasteiger partial charge in [0.05, 0.1) is 24.3 Å². The highest BCUT2D eigenvalue weighted by atomic mass is 16.5. The van der Waals surface area contributed by atoms with E-state index in [9.17, 15) is 9.59 Å². The first-order valence-corrected chi connectivity index (χ1v) is 8.65. The topological polar surface area (TPSA) is 52.6 Å². The molecule has 0 saturated carbocycles. The van der Waals surface area contributed by atoms with Crippen LogP contribution in [0, 0.1) is 0 Å². The molecule has 0 heterocycles. The third kappa shape index (κ3) is 3.74. The Balaban J connectivity index is 2.54. The van der Waals surface area contributed by atoms with E-state index >= 15 is 0 Å². The molecule has 4 heteroatoms. The second-order valence-corrected chi connectivity index (χ2v) is 5.81. The van der Waals surface area contributed by atoms with Crippen molar-refractivity contribution in [2.24, 2.45) is 0 Å². The average molecular weight is 318 g/mol. The maximum atomic E-state index is 12.5. The van der Waals surface area contributed by atoms with Crippen molar-refractivity contribution in [3.8, 4) is 0 Å². The van der Waals surface area contributed by atoms with Crippen LogP contribution in [0.4, 0.5) is 0 Å². The highest BCUT2D eigenvalue weighted by Crippen LogP contribution is 2.33. The molecule has 23 heavy (non-hydrogen) atoms. The van der Waals surface area contributed by atoms with Gasteiger partial charge in [-0.2, -0.15) is 0 Å². The lowest BCUT2D eigenvalue weighted by Crippen LogP contribution is -2.16. The van der Waals surface area contributed by atoms with E-state index in [-0.39, 0.29) is 11.9 Å². The van der Waals surface area contributed by atoms with E-state index in [1.165, 1.54) is 0 Å². The van der Waals surface area contributed by atoms with Crippen LogP contribution in [0.5, 0.6) is 0 Å². The smallest absolute Gasteiger partial charge is 0.338 e. The third-order valence-corrected chi connectivity index (χ3v) is 4.26. The Morgan fingerprint density at radius 1 is 1.00 bits per heavy atom.